The minimum atomic E-state index is 0.246. The van der Waals surface area contributed by atoms with Crippen molar-refractivity contribution < 1.29 is 9.84 Å². The summed E-state index contributed by atoms with van der Waals surface area (Å²) in [5.74, 6) is 0.914. The van der Waals surface area contributed by atoms with Crippen LogP contribution in [0.15, 0.2) is 24.3 Å². The zero-order chi connectivity index (χ0) is 10.9. The first-order valence-electron chi connectivity index (χ1n) is 5.40. The molecule has 0 spiro atoms. The quantitative estimate of drug-likeness (QED) is 0.670. The summed E-state index contributed by atoms with van der Waals surface area (Å²) in [6.45, 7) is 4.62. The van der Waals surface area contributed by atoms with Crippen molar-refractivity contribution in [3.05, 3.63) is 29.8 Å². The van der Waals surface area contributed by atoms with Gasteiger partial charge in [0.15, 0.2) is 0 Å². The van der Waals surface area contributed by atoms with Crippen molar-refractivity contribution in [1.29, 1.82) is 0 Å². The van der Waals surface area contributed by atoms with Crippen LogP contribution in [0.25, 0.3) is 0 Å². The van der Waals surface area contributed by atoms with Crippen molar-refractivity contribution in [2.45, 2.75) is 19.9 Å². The number of nitrogens with one attached hydrogen (secondary N) is 1. The number of rotatable bonds is 7. The van der Waals surface area contributed by atoms with Crippen LogP contribution in [0.1, 0.15) is 18.9 Å². The molecule has 0 atom stereocenters. The van der Waals surface area contributed by atoms with E-state index in [0.29, 0.717) is 6.61 Å². The zero-order valence-corrected chi connectivity index (χ0v) is 9.20. The van der Waals surface area contributed by atoms with E-state index >= 15 is 0 Å². The molecule has 0 radical (unpaired) electrons. The maximum atomic E-state index is 8.60. The van der Waals surface area contributed by atoms with Crippen molar-refractivity contribution >= 4 is 0 Å². The van der Waals surface area contributed by atoms with Gasteiger partial charge in [-0.25, -0.2) is 0 Å². The smallest absolute Gasteiger partial charge is 0.119 e. The first-order valence-corrected chi connectivity index (χ1v) is 5.40. The standard InChI is InChI=1S/C12H19NO2/c1-2-15-12-6-4-11(5-7-12)10-13-8-3-9-14/h4-7,13-14H,2-3,8-10H2,1H3. The average molecular weight is 209 g/mol. The Kier molecular flexibility index (Phi) is 5.81. The lowest BCUT2D eigenvalue weighted by atomic mass is 10.2. The second kappa shape index (κ2) is 7.26. The summed E-state index contributed by atoms with van der Waals surface area (Å²) in [6, 6.07) is 8.06. The Bertz CT molecular complexity index is 259. The highest BCUT2D eigenvalue weighted by Gasteiger charge is 1.94. The Balaban J connectivity index is 2.29. The Morgan fingerprint density at radius 1 is 1.27 bits per heavy atom. The summed E-state index contributed by atoms with van der Waals surface area (Å²) < 4.78 is 5.35. The van der Waals surface area contributed by atoms with Gasteiger partial charge in [-0.15, -0.1) is 0 Å². The van der Waals surface area contributed by atoms with Crippen molar-refractivity contribution in [2.75, 3.05) is 19.8 Å². The molecule has 0 unspecified atom stereocenters. The maximum Gasteiger partial charge on any atom is 0.119 e. The topological polar surface area (TPSA) is 41.5 Å². The largest absolute Gasteiger partial charge is 0.494 e. The van der Waals surface area contributed by atoms with Crippen LogP contribution in [0.5, 0.6) is 5.75 Å². The predicted octanol–water partition coefficient (Wildman–Crippen LogP) is 1.56. The second-order valence-corrected chi connectivity index (χ2v) is 3.33. The maximum absolute atomic E-state index is 8.60. The number of aliphatic hydroxyl groups is 1. The normalized spacial score (nSPS) is 10.3. The van der Waals surface area contributed by atoms with Crippen LogP contribution in [0.4, 0.5) is 0 Å². The molecule has 0 saturated heterocycles. The van der Waals surface area contributed by atoms with E-state index in [1.54, 1.807) is 0 Å². The summed E-state index contributed by atoms with van der Waals surface area (Å²) in [5, 5.41) is 11.9. The number of ether oxygens (including phenoxy) is 1. The molecule has 0 saturated carbocycles. The molecule has 84 valence electrons. The SMILES string of the molecule is CCOc1ccc(CNCCCO)cc1. The van der Waals surface area contributed by atoms with Gasteiger partial charge in [0.25, 0.3) is 0 Å². The van der Waals surface area contributed by atoms with E-state index in [0.717, 1.165) is 25.3 Å². The van der Waals surface area contributed by atoms with Gasteiger partial charge < -0.3 is 15.2 Å². The Morgan fingerprint density at radius 3 is 2.60 bits per heavy atom. The zero-order valence-electron chi connectivity index (χ0n) is 9.20. The van der Waals surface area contributed by atoms with E-state index in [9.17, 15) is 0 Å². The monoisotopic (exact) mass is 209 g/mol. The number of aliphatic hydroxyl groups excluding tert-OH is 1. The Morgan fingerprint density at radius 2 is 2.00 bits per heavy atom. The van der Waals surface area contributed by atoms with Crippen LogP contribution in [0.2, 0.25) is 0 Å². The molecule has 1 aromatic rings. The van der Waals surface area contributed by atoms with E-state index in [1.165, 1.54) is 5.56 Å². The predicted molar refractivity (Wildman–Crippen MR) is 61.0 cm³/mol. The highest BCUT2D eigenvalue weighted by atomic mass is 16.5. The minimum Gasteiger partial charge on any atom is -0.494 e. The van der Waals surface area contributed by atoms with Crippen molar-refractivity contribution in [1.82, 2.24) is 5.32 Å². The Hall–Kier alpha value is -1.06. The first kappa shape index (κ1) is 12.0. The third kappa shape index (κ3) is 4.81. The number of hydrogen-bond acceptors (Lipinski definition) is 3. The van der Waals surface area contributed by atoms with Gasteiger partial charge in [0.05, 0.1) is 6.61 Å². The van der Waals surface area contributed by atoms with Gasteiger partial charge in [-0.05, 0) is 37.6 Å². The van der Waals surface area contributed by atoms with Crippen LogP contribution in [0.3, 0.4) is 0 Å². The van der Waals surface area contributed by atoms with Crippen molar-refractivity contribution in [2.24, 2.45) is 0 Å². The lowest BCUT2D eigenvalue weighted by Gasteiger charge is -2.06. The van der Waals surface area contributed by atoms with Crippen LogP contribution in [0, 0.1) is 0 Å². The first-order chi connectivity index (χ1) is 7.36. The molecule has 0 aliphatic heterocycles. The number of hydrogen-bond donors (Lipinski definition) is 2. The molecule has 2 N–H and O–H groups in total. The summed E-state index contributed by atoms with van der Waals surface area (Å²) >= 11 is 0. The fourth-order valence-electron chi connectivity index (χ4n) is 1.31. The van der Waals surface area contributed by atoms with Gasteiger partial charge in [-0.2, -0.15) is 0 Å². The molecule has 0 fully saturated rings. The molecular formula is C12H19NO2. The molecule has 15 heavy (non-hydrogen) atoms. The highest BCUT2D eigenvalue weighted by Crippen LogP contribution is 2.11. The molecule has 0 amide bonds. The summed E-state index contributed by atoms with van der Waals surface area (Å²) in [6.07, 6.45) is 0.803. The van der Waals surface area contributed by atoms with Crippen LogP contribution >= 0.6 is 0 Å². The molecule has 1 rings (SSSR count). The van der Waals surface area contributed by atoms with Crippen LogP contribution < -0.4 is 10.1 Å². The van der Waals surface area contributed by atoms with Gasteiger partial charge in [0.1, 0.15) is 5.75 Å². The fraction of sp³-hybridized carbons (Fsp3) is 0.500. The Labute approximate surface area is 91.1 Å². The third-order valence-electron chi connectivity index (χ3n) is 2.08. The molecule has 3 nitrogen and oxygen atoms in total. The van der Waals surface area contributed by atoms with E-state index in [1.807, 2.05) is 19.1 Å². The molecule has 1 aromatic carbocycles. The lowest BCUT2D eigenvalue weighted by molar-refractivity contribution is 0.286. The fourth-order valence-corrected chi connectivity index (χ4v) is 1.31. The van der Waals surface area contributed by atoms with Crippen LogP contribution in [-0.2, 0) is 6.54 Å². The van der Waals surface area contributed by atoms with E-state index in [2.05, 4.69) is 17.4 Å². The summed E-state index contributed by atoms with van der Waals surface area (Å²) in [5.41, 5.74) is 1.23. The van der Waals surface area contributed by atoms with E-state index in [-0.39, 0.29) is 6.61 Å². The molecular weight excluding hydrogens is 190 g/mol. The number of benzene rings is 1. The second-order valence-electron chi connectivity index (χ2n) is 3.33. The molecule has 0 aromatic heterocycles. The lowest BCUT2D eigenvalue weighted by Crippen LogP contribution is -2.15. The van der Waals surface area contributed by atoms with Gasteiger partial charge in [-0.3, -0.25) is 0 Å². The molecule has 0 aliphatic rings. The minimum absolute atomic E-state index is 0.246. The van der Waals surface area contributed by atoms with Gasteiger partial charge in [-0.1, -0.05) is 12.1 Å². The van der Waals surface area contributed by atoms with E-state index in [4.69, 9.17) is 9.84 Å². The van der Waals surface area contributed by atoms with Crippen molar-refractivity contribution in [3.8, 4) is 5.75 Å². The van der Waals surface area contributed by atoms with Gasteiger partial charge >= 0.3 is 0 Å². The highest BCUT2D eigenvalue weighted by molar-refractivity contribution is 5.27. The van der Waals surface area contributed by atoms with Gasteiger partial charge in [0.2, 0.25) is 0 Å². The summed E-state index contributed by atoms with van der Waals surface area (Å²) in [7, 11) is 0. The van der Waals surface area contributed by atoms with Gasteiger partial charge in [0, 0.05) is 13.2 Å². The third-order valence-corrected chi connectivity index (χ3v) is 2.08. The molecule has 0 heterocycles. The molecule has 0 aliphatic carbocycles. The average Bonchev–Trinajstić information content (AvgIpc) is 2.27. The molecule has 0 bridgehead atoms. The summed E-state index contributed by atoms with van der Waals surface area (Å²) in [4.78, 5) is 0. The van der Waals surface area contributed by atoms with Crippen molar-refractivity contribution in [3.63, 3.8) is 0 Å². The van der Waals surface area contributed by atoms with Crippen LogP contribution in [-0.4, -0.2) is 24.9 Å². The van der Waals surface area contributed by atoms with E-state index < -0.39 is 0 Å². The molecule has 3 heteroatoms.